The smallest absolute Gasteiger partial charge is 0.0818 e. The van der Waals surface area contributed by atoms with Crippen LogP contribution in [0, 0.1) is 5.92 Å². The van der Waals surface area contributed by atoms with Crippen LogP contribution in [-0.2, 0) is 6.54 Å². The van der Waals surface area contributed by atoms with Crippen LogP contribution in [0.3, 0.4) is 0 Å². The van der Waals surface area contributed by atoms with E-state index in [0.717, 1.165) is 11.1 Å². The summed E-state index contributed by atoms with van der Waals surface area (Å²) >= 11 is 0. The van der Waals surface area contributed by atoms with Crippen LogP contribution >= 0.6 is 0 Å². The Morgan fingerprint density at radius 3 is 2.18 bits per heavy atom. The van der Waals surface area contributed by atoms with Crippen LogP contribution in [0.2, 0.25) is 0 Å². The van der Waals surface area contributed by atoms with Gasteiger partial charge in [-0.3, -0.25) is 0 Å². The minimum atomic E-state index is -0.292. The molecule has 1 atom stereocenters. The second-order valence-corrected chi connectivity index (χ2v) is 5.14. The van der Waals surface area contributed by atoms with E-state index in [1.54, 1.807) is 0 Å². The molecule has 0 aliphatic heterocycles. The third-order valence-corrected chi connectivity index (χ3v) is 3.90. The Balaban J connectivity index is 2.03. The molecule has 1 aliphatic rings. The van der Waals surface area contributed by atoms with E-state index >= 15 is 0 Å². The summed E-state index contributed by atoms with van der Waals surface area (Å²) in [5.74, 6) is 0.446. The topological polar surface area (TPSA) is 46.2 Å². The summed E-state index contributed by atoms with van der Waals surface area (Å²) in [5, 5.41) is 10.4. The van der Waals surface area contributed by atoms with E-state index in [4.69, 9.17) is 5.73 Å². The van der Waals surface area contributed by atoms with E-state index in [1.807, 2.05) is 24.3 Å². The van der Waals surface area contributed by atoms with Gasteiger partial charge in [0.2, 0.25) is 0 Å². The van der Waals surface area contributed by atoms with Crippen molar-refractivity contribution in [1.29, 1.82) is 0 Å². The lowest BCUT2D eigenvalue weighted by atomic mass is 9.89. The summed E-state index contributed by atoms with van der Waals surface area (Å²) in [4.78, 5) is 0. The number of benzene rings is 1. The highest BCUT2D eigenvalue weighted by molar-refractivity contribution is 5.24. The molecule has 0 bridgehead atoms. The van der Waals surface area contributed by atoms with E-state index in [0.29, 0.717) is 12.5 Å². The Labute approximate surface area is 104 Å². The zero-order valence-corrected chi connectivity index (χ0v) is 10.4. The van der Waals surface area contributed by atoms with Crippen LogP contribution in [0.1, 0.15) is 55.8 Å². The lowest BCUT2D eigenvalue weighted by molar-refractivity contribution is 0.0988. The zero-order valence-electron chi connectivity index (χ0n) is 10.4. The molecule has 1 aliphatic carbocycles. The van der Waals surface area contributed by atoms with E-state index in [1.165, 1.54) is 38.5 Å². The Kier molecular flexibility index (Phi) is 4.57. The molecule has 2 heteroatoms. The molecular weight excluding hydrogens is 210 g/mol. The van der Waals surface area contributed by atoms with E-state index in [9.17, 15) is 5.11 Å². The van der Waals surface area contributed by atoms with Gasteiger partial charge >= 0.3 is 0 Å². The van der Waals surface area contributed by atoms with Gasteiger partial charge in [-0.05, 0) is 29.9 Å². The fraction of sp³-hybridized carbons (Fsp3) is 0.600. The third kappa shape index (κ3) is 3.30. The Hall–Kier alpha value is -0.860. The van der Waals surface area contributed by atoms with Gasteiger partial charge in [0.25, 0.3) is 0 Å². The van der Waals surface area contributed by atoms with Crippen molar-refractivity contribution >= 4 is 0 Å². The average molecular weight is 233 g/mol. The number of hydrogen-bond acceptors (Lipinski definition) is 2. The molecule has 1 unspecified atom stereocenters. The fourth-order valence-electron chi connectivity index (χ4n) is 2.75. The van der Waals surface area contributed by atoms with Crippen molar-refractivity contribution in [2.75, 3.05) is 0 Å². The van der Waals surface area contributed by atoms with Gasteiger partial charge in [0.05, 0.1) is 6.10 Å². The summed E-state index contributed by atoms with van der Waals surface area (Å²) < 4.78 is 0. The largest absolute Gasteiger partial charge is 0.388 e. The van der Waals surface area contributed by atoms with Crippen molar-refractivity contribution in [3.63, 3.8) is 0 Å². The van der Waals surface area contributed by atoms with Gasteiger partial charge in [0.15, 0.2) is 0 Å². The molecule has 17 heavy (non-hydrogen) atoms. The Morgan fingerprint density at radius 1 is 1.06 bits per heavy atom. The molecule has 1 fully saturated rings. The number of hydrogen-bond donors (Lipinski definition) is 2. The number of nitrogens with two attached hydrogens (primary N) is 1. The van der Waals surface area contributed by atoms with Crippen molar-refractivity contribution in [3.8, 4) is 0 Å². The first kappa shape index (κ1) is 12.6. The fourth-order valence-corrected chi connectivity index (χ4v) is 2.75. The minimum absolute atomic E-state index is 0.292. The van der Waals surface area contributed by atoms with Crippen LogP contribution in [0.4, 0.5) is 0 Å². The van der Waals surface area contributed by atoms with E-state index in [-0.39, 0.29) is 6.10 Å². The maximum absolute atomic E-state index is 10.4. The van der Waals surface area contributed by atoms with Gasteiger partial charge in [-0.1, -0.05) is 49.9 Å². The van der Waals surface area contributed by atoms with Crippen molar-refractivity contribution < 1.29 is 5.11 Å². The predicted molar refractivity (Wildman–Crippen MR) is 70.5 cm³/mol. The molecule has 1 saturated carbocycles. The molecule has 0 heterocycles. The first-order chi connectivity index (χ1) is 8.31. The van der Waals surface area contributed by atoms with Crippen molar-refractivity contribution in [3.05, 3.63) is 35.4 Å². The van der Waals surface area contributed by atoms with Crippen LogP contribution in [-0.4, -0.2) is 5.11 Å². The van der Waals surface area contributed by atoms with Crippen molar-refractivity contribution in [2.24, 2.45) is 11.7 Å². The number of aliphatic hydroxyl groups is 1. The second-order valence-electron chi connectivity index (χ2n) is 5.14. The summed E-state index contributed by atoms with van der Waals surface area (Å²) in [6.45, 7) is 0.569. The molecule has 94 valence electrons. The molecule has 2 nitrogen and oxygen atoms in total. The van der Waals surface area contributed by atoms with Crippen LogP contribution in [0.5, 0.6) is 0 Å². The molecule has 0 spiro atoms. The number of aliphatic hydroxyl groups excluding tert-OH is 1. The van der Waals surface area contributed by atoms with Gasteiger partial charge in [-0.15, -0.1) is 0 Å². The first-order valence-electron chi connectivity index (χ1n) is 6.78. The van der Waals surface area contributed by atoms with E-state index < -0.39 is 0 Å². The predicted octanol–water partition coefficient (Wildman–Crippen LogP) is 3.15. The highest BCUT2D eigenvalue weighted by atomic mass is 16.3. The van der Waals surface area contributed by atoms with Crippen LogP contribution < -0.4 is 5.73 Å². The first-order valence-corrected chi connectivity index (χ1v) is 6.78. The van der Waals surface area contributed by atoms with Crippen LogP contribution in [0.15, 0.2) is 24.3 Å². The minimum Gasteiger partial charge on any atom is -0.388 e. The third-order valence-electron chi connectivity index (χ3n) is 3.90. The lowest BCUT2D eigenvalue weighted by Crippen LogP contribution is -2.12. The molecular formula is C15H23NO. The maximum Gasteiger partial charge on any atom is 0.0818 e. The monoisotopic (exact) mass is 233 g/mol. The molecule has 0 radical (unpaired) electrons. The van der Waals surface area contributed by atoms with Gasteiger partial charge in [-0.25, -0.2) is 0 Å². The van der Waals surface area contributed by atoms with Gasteiger partial charge < -0.3 is 10.8 Å². The Morgan fingerprint density at radius 2 is 1.65 bits per heavy atom. The van der Waals surface area contributed by atoms with Crippen LogP contribution in [0.25, 0.3) is 0 Å². The average Bonchev–Trinajstić information content (AvgIpc) is 2.67. The number of rotatable bonds is 3. The van der Waals surface area contributed by atoms with Gasteiger partial charge in [-0.2, -0.15) is 0 Å². The molecule has 2 rings (SSSR count). The highest BCUT2D eigenvalue weighted by Crippen LogP contribution is 2.33. The van der Waals surface area contributed by atoms with Gasteiger partial charge in [0.1, 0.15) is 0 Å². The van der Waals surface area contributed by atoms with Crippen molar-refractivity contribution in [2.45, 2.75) is 51.2 Å². The quantitative estimate of drug-likeness (QED) is 0.788. The van der Waals surface area contributed by atoms with E-state index in [2.05, 4.69) is 0 Å². The Bertz CT molecular complexity index is 325. The molecule has 0 aromatic heterocycles. The van der Waals surface area contributed by atoms with Gasteiger partial charge in [0, 0.05) is 6.54 Å². The van der Waals surface area contributed by atoms with Crippen molar-refractivity contribution in [1.82, 2.24) is 0 Å². The summed E-state index contributed by atoms with van der Waals surface area (Å²) in [5.41, 5.74) is 7.75. The summed E-state index contributed by atoms with van der Waals surface area (Å²) in [6, 6.07) is 8.10. The standard InChI is InChI=1S/C15H23NO/c16-11-12-7-9-14(10-8-12)15(17)13-5-3-1-2-4-6-13/h7-10,13,15,17H,1-6,11,16H2. The molecule has 0 amide bonds. The second kappa shape index (κ2) is 6.18. The SMILES string of the molecule is NCc1ccc(C(O)C2CCCCCC2)cc1. The maximum atomic E-state index is 10.4. The lowest BCUT2D eigenvalue weighted by Gasteiger charge is -2.21. The molecule has 1 aromatic carbocycles. The normalized spacial score (nSPS) is 19.9. The molecule has 3 N–H and O–H groups in total. The molecule has 1 aromatic rings. The summed E-state index contributed by atoms with van der Waals surface area (Å²) in [6.07, 6.45) is 7.23. The molecule has 0 saturated heterocycles. The summed E-state index contributed by atoms with van der Waals surface area (Å²) in [7, 11) is 0. The zero-order chi connectivity index (χ0) is 12.1. The highest BCUT2D eigenvalue weighted by Gasteiger charge is 2.21.